The van der Waals surface area contributed by atoms with Crippen LogP contribution in [-0.4, -0.2) is 28.1 Å². The fraction of sp³-hybridized carbons (Fsp3) is 0.727. The van der Waals surface area contributed by atoms with Crippen molar-refractivity contribution in [3.63, 3.8) is 0 Å². The molecular weight excluding hydrogens is 192 g/mol. The monoisotopic (exact) mass is 212 g/mol. The van der Waals surface area contributed by atoms with Crippen LogP contribution >= 0.6 is 0 Å². The van der Waals surface area contributed by atoms with Gasteiger partial charge < -0.3 is 9.84 Å². The van der Waals surface area contributed by atoms with Crippen molar-refractivity contribution in [2.75, 3.05) is 13.2 Å². The number of hydrogen-bond acceptors (Lipinski definition) is 3. The molecule has 0 atom stereocenters. The van der Waals surface area contributed by atoms with Gasteiger partial charge in [0.05, 0.1) is 19.0 Å². The minimum Gasteiger partial charge on any atom is -0.490 e. The van der Waals surface area contributed by atoms with Gasteiger partial charge in [-0.1, -0.05) is 6.42 Å². The lowest BCUT2D eigenvalue weighted by Crippen LogP contribution is -1.97. The Morgan fingerprint density at radius 1 is 1.33 bits per heavy atom. The van der Waals surface area contributed by atoms with Gasteiger partial charge in [-0.3, -0.25) is 4.68 Å². The molecule has 0 aliphatic rings. The van der Waals surface area contributed by atoms with Crippen LogP contribution in [0.2, 0.25) is 0 Å². The van der Waals surface area contributed by atoms with Gasteiger partial charge in [-0.25, -0.2) is 0 Å². The number of aromatic nitrogens is 2. The van der Waals surface area contributed by atoms with Crippen LogP contribution in [0.1, 0.15) is 32.6 Å². The summed E-state index contributed by atoms with van der Waals surface area (Å²) in [6.45, 7) is 3.95. The number of aryl methyl sites for hydroxylation is 1. The Balaban J connectivity index is 2.04. The highest BCUT2D eigenvalue weighted by molar-refractivity contribution is 5.11. The molecule has 0 bridgehead atoms. The first kappa shape index (κ1) is 12.0. The first-order valence-electron chi connectivity index (χ1n) is 5.63. The first-order chi connectivity index (χ1) is 7.36. The molecule has 0 radical (unpaired) electrons. The molecular formula is C11H20N2O2. The second kappa shape index (κ2) is 7.29. The summed E-state index contributed by atoms with van der Waals surface area (Å²) in [4.78, 5) is 0. The normalized spacial score (nSPS) is 10.5. The number of unbranched alkanes of at least 4 members (excludes halogenated alkanes) is 3. The quantitative estimate of drug-likeness (QED) is 0.669. The number of ether oxygens (including phenoxy) is 1. The van der Waals surface area contributed by atoms with E-state index < -0.39 is 0 Å². The van der Waals surface area contributed by atoms with Crippen molar-refractivity contribution >= 4 is 0 Å². The zero-order valence-corrected chi connectivity index (χ0v) is 9.35. The van der Waals surface area contributed by atoms with E-state index in [0.717, 1.165) is 44.6 Å². The smallest absolute Gasteiger partial charge is 0.157 e. The zero-order chi connectivity index (χ0) is 10.9. The van der Waals surface area contributed by atoms with Crippen LogP contribution in [0.5, 0.6) is 5.75 Å². The molecule has 15 heavy (non-hydrogen) atoms. The molecule has 0 aromatic carbocycles. The highest BCUT2D eigenvalue weighted by atomic mass is 16.5. The Morgan fingerprint density at radius 3 is 2.80 bits per heavy atom. The van der Waals surface area contributed by atoms with Crippen LogP contribution in [0, 0.1) is 0 Å². The number of rotatable bonds is 8. The maximum Gasteiger partial charge on any atom is 0.157 e. The lowest BCUT2D eigenvalue weighted by atomic mass is 10.2. The average Bonchev–Trinajstić information content (AvgIpc) is 2.71. The van der Waals surface area contributed by atoms with Crippen LogP contribution in [0.3, 0.4) is 0 Å². The molecule has 1 aromatic rings. The lowest BCUT2D eigenvalue weighted by Gasteiger charge is -2.02. The van der Waals surface area contributed by atoms with Crippen molar-refractivity contribution in [1.29, 1.82) is 0 Å². The van der Waals surface area contributed by atoms with E-state index in [2.05, 4.69) is 5.10 Å². The summed E-state index contributed by atoms with van der Waals surface area (Å²) in [5, 5.41) is 12.7. The van der Waals surface area contributed by atoms with Crippen molar-refractivity contribution in [1.82, 2.24) is 9.78 Å². The van der Waals surface area contributed by atoms with Crippen molar-refractivity contribution < 1.29 is 9.84 Å². The molecule has 1 N–H and O–H groups in total. The molecule has 86 valence electrons. The van der Waals surface area contributed by atoms with E-state index in [1.165, 1.54) is 0 Å². The largest absolute Gasteiger partial charge is 0.490 e. The fourth-order valence-electron chi connectivity index (χ4n) is 1.35. The van der Waals surface area contributed by atoms with Gasteiger partial charge in [0.1, 0.15) is 0 Å². The van der Waals surface area contributed by atoms with Crippen LogP contribution < -0.4 is 4.74 Å². The summed E-state index contributed by atoms with van der Waals surface area (Å²) in [5.41, 5.74) is 0. The van der Waals surface area contributed by atoms with Gasteiger partial charge in [-0.2, -0.15) is 5.10 Å². The topological polar surface area (TPSA) is 47.3 Å². The maximum atomic E-state index is 8.59. The maximum absolute atomic E-state index is 8.59. The Morgan fingerprint density at radius 2 is 2.13 bits per heavy atom. The molecule has 0 fully saturated rings. The third-order valence-electron chi connectivity index (χ3n) is 2.25. The van der Waals surface area contributed by atoms with E-state index in [9.17, 15) is 0 Å². The van der Waals surface area contributed by atoms with Crippen molar-refractivity contribution in [2.45, 2.75) is 39.2 Å². The van der Waals surface area contributed by atoms with Gasteiger partial charge in [-0.05, 0) is 26.2 Å². The predicted molar refractivity (Wildman–Crippen MR) is 58.9 cm³/mol. The molecule has 0 unspecified atom stereocenters. The number of aliphatic hydroxyl groups excluding tert-OH is 1. The third-order valence-corrected chi connectivity index (χ3v) is 2.25. The molecule has 0 spiro atoms. The second-order valence-corrected chi connectivity index (χ2v) is 3.52. The van der Waals surface area contributed by atoms with Crippen LogP contribution in [0.25, 0.3) is 0 Å². The van der Waals surface area contributed by atoms with E-state index in [4.69, 9.17) is 9.84 Å². The fourth-order valence-corrected chi connectivity index (χ4v) is 1.35. The summed E-state index contributed by atoms with van der Waals surface area (Å²) < 4.78 is 7.37. The average molecular weight is 212 g/mol. The summed E-state index contributed by atoms with van der Waals surface area (Å²) in [6, 6.07) is 0. The number of aliphatic hydroxyl groups is 1. The lowest BCUT2D eigenvalue weighted by molar-refractivity contribution is 0.273. The summed E-state index contributed by atoms with van der Waals surface area (Å²) in [6.07, 6.45) is 7.78. The molecule has 0 aliphatic heterocycles. The van der Waals surface area contributed by atoms with Gasteiger partial charge in [0.15, 0.2) is 5.75 Å². The van der Waals surface area contributed by atoms with Crippen molar-refractivity contribution in [3.8, 4) is 5.75 Å². The van der Waals surface area contributed by atoms with Gasteiger partial charge in [-0.15, -0.1) is 0 Å². The van der Waals surface area contributed by atoms with Crippen molar-refractivity contribution in [2.24, 2.45) is 0 Å². The minimum absolute atomic E-state index is 0.296. The molecule has 1 aromatic heterocycles. The van der Waals surface area contributed by atoms with Crippen LogP contribution in [0.15, 0.2) is 12.4 Å². The standard InChI is InChI=1S/C11H20N2O2/c1-2-13-10-11(9-12-13)15-8-6-4-3-5-7-14/h9-10,14H,2-8H2,1H3. The molecule has 1 rings (SSSR count). The summed E-state index contributed by atoms with van der Waals surface area (Å²) in [5.74, 6) is 0.846. The Bertz CT molecular complexity index is 261. The van der Waals surface area contributed by atoms with Gasteiger partial charge in [0.25, 0.3) is 0 Å². The summed E-state index contributed by atoms with van der Waals surface area (Å²) >= 11 is 0. The van der Waals surface area contributed by atoms with Gasteiger partial charge >= 0.3 is 0 Å². The zero-order valence-electron chi connectivity index (χ0n) is 9.35. The molecule has 0 amide bonds. The Kier molecular flexibility index (Phi) is 5.85. The van der Waals surface area contributed by atoms with E-state index >= 15 is 0 Å². The Hall–Kier alpha value is -1.03. The summed E-state index contributed by atoms with van der Waals surface area (Å²) in [7, 11) is 0. The van der Waals surface area contributed by atoms with Crippen LogP contribution in [-0.2, 0) is 6.54 Å². The molecule has 4 nitrogen and oxygen atoms in total. The molecule has 0 saturated carbocycles. The van der Waals surface area contributed by atoms with Gasteiger partial charge in [0, 0.05) is 13.2 Å². The highest BCUT2D eigenvalue weighted by Gasteiger charge is 1.97. The van der Waals surface area contributed by atoms with Crippen LogP contribution in [0.4, 0.5) is 0 Å². The van der Waals surface area contributed by atoms with E-state index in [1.807, 2.05) is 17.8 Å². The number of hydrogen-bond donors (Lipinski definition) is 1. The molecule has 1 heterocycles. The SMILES string of the molecule is CCn1cc(OCCCCCCO)cn1. The second-order valence-electron chi connectivity index (χ2n) is 3.52. The Labute approximate surface area is 90.9 Å². The minimum atomic E-state index is 0.296. The van der Waals surface area contributed by atoms with E-state index in [1.54, 1.807) is 6.20 Å². The first-order valence-corrected chi connectivity index (χ1v) is 5.63. The van der Waals surface area contributed by atoms with E-state index in [0.29, 0.717) is 6.61 Å². The van der Waals surface area contributed by atoms with Crippen molar-refractivity contribution in [3.05, 3.63) is 12.4 Å². The highest BCUT2D eigenvalue weighted by Crippen LogP contribution is 2.09. The van der Waals surface area contributed by atoms with E-state index in [-0.39, 0.29) is 0 Å². The molecule has 0 aliphatic carbocycles. The van der Waals surface area contributed by atoms with Gasteiger partial charge in [0.2, 0.25) is 0 Å². The third kappa shape index (κ3) is 4.83. The molecule has 4 heteroatoms. The molecule has 0 saturated heterocycles. The number of nitrogens with zero attached hydrogens (tertiary/aromatic N) is 2. The predicted octanol–water partition coefficient (Wildman–Crippen LogP) is 1.83.